The summed E-state index contributed by atoms with van der Waals surface area (Å²) in [4.78, 5) is 44.3. The van der Waals surface area contributed by atoms with Gasteiger partial charge in [0, 0.05) is 11.3 Å². The molecule has 1 aliphatic rings. The Balaban J connectivity index is 1.38. The molecule has 1 aliphatic heterocycles. The number of para-hydroxylation sites is 1. The Labute approximate surface area is 258 Å². The minimum absolute atomic E-state index is 0.160. The van der Waals surface area contributed by atoms with E-state index in [4.69, 9.17) is 14.5 Å². The van der Waals surface area contributed by atoms with Gasteiger partial charge >= 0.3 is 5.97 Å². The highest BCUT2D eigenvalue weighted by molar-refractivity contribution is 8.18. The number of aryl methyl sites for hydroxylation is 1. The number of aromatic carboxylic acids is 1. The van der Waals surface area contributed by atoms with Gasteiger partial charge in [0.25, 0.3) is 11.8 Å². The standard InChI is InChI=1S/C34H29N3O6S/c1-22-7-13-26(14-8-22)35-31(38)21-43-29-6-4-3-5-25(29)19-30-32(39)37(20-23-9-11-24(12-10-23)33(40)41)34(44-30)36-27-15-17-28(42-2)18-16-27/h3-19H,20-21H2,1-2H3,(H,35,38)(H,40,41)/b30-19-,36-34?. The quantitative estimate of drug-likeness (QED) is 0.197. The van der Waals surface area contributed by atoms with Crippen molar-refractivity contribution in [1.29, 1.82) is 0 Å². The van der Waals surface area contributed by atoms with Crippen molar-refractivity contribution < 1.29 is 29.0 Å². The zero-order valence-electron chi connectivity index (χ0n) is 24.0. The Morgan fingerprint density at radius 1 is 0.955 bits per heavy atom. The highest BCUT2D eigenvalue weighted by Gasteiger charge is 2.34. The molecule has 0 aromatic heterocycles. The van der Waals surface area contributed by atoms with Crippen molar-refractivity contribution in [3.05, 3.63) is 124 Å². The van der Waals surface area contributed by atoms with E-state index in [0.29, 0.717) is 38.5 Å². The number of thioether (sulfide) groups is 1. The number of amidine groups is 1. The van der Waals surface area contributed by atoms with Crippen molar-refractivity contribution >= 4 is 52.2 Å². The SMILES string of the molecule is COc1ccc(N=C2S/C(=C\c3ccccc3OCC(=O)Nc3ccc(C)cc3)C(=O)N2Cc2ccc(C(=O)O)cc2)cc1. The first-order valence-corrected chi connectivity index (χ1v) is 14.5. The molecular weight excluding hydrogens is 578 g/mol. The predicted molar refractivity (Wildman–Crippen MR) is 171 cm³/mol. The zero-order valence-corrected chi connectivity index (χ0v) is 24.8. The molecule has 222 valence electrons. The number of rotatable bonds is 10. The average Bonchev–Trinajstić information content (AvgIpc) is 3.31. The molecule has 0 saturated carbocycles. The molecule has 2 amide bonds. The molecule has 1 fully saturated rings. The lowest BCUT2D eigenvalue weighted by Gasteiger charge is -2.16. The Hall–Kier alpha value is -5.35. The fourth-order valence-corrected chi connectivity index (χ4v) is 5.27. The molecule has 0 radical (unpaired) electrons. The fourth-order valence-electron chi connectivity index (χ4n) is 4.28. The molecule has 9 nitrogen and oxygen atoms in total. The van der Waals surface area contributed by atoms with Crippen LogP contribution in [0.25, 0.3) is 6.08 Å². The highest BCUT2D eigenvalue weighted by Crippen LogP contribution is 2.36. The maximum Gasteiger partial charge on any atom is 0.335 e. The maximum atomic E-state index is 13.7. The summed E-state index contributed by atoms with van der Waals surface area (Å²) in [6.07, 6.45) is 1.72. The van der Waals surface area contributed by atoms with Gasteiger partial charge in [-0.25, -0.2) is 9.79 Å². The van der Waals surface area contributed by atoms with Gasteiger partial charge < -0.3 is 19.9 Å². The van der Waals surface area contributed by atoms with Crippen molar-refractivity contribution in [2.45, 2.75) is 13.5 Å². The number of aliphatic imine (C=N–C) groups is 1. The number of carboxylic acid groups (broad SMARTS) is 1. The van der Waals surface area contributed by atoms with Crippen molar-refractivity contribution in [2.24, 2.45) is 4.99 Å². The van der Waals surface area contributed by atoms with Gasteiger partial charge in [-0.1, -0.05) is 48.0 Å². The van der Waals surface area contributed by atoms with E-state index in [2.05, 4.69) is 5.32 Å². The number of nitrogens with zero attached hydrogens (tertiary/aromatic N) is 2. The van der Waals surface area contributed by atoms with Crippen LogP contribution < -0.4 is 14.8 Å². The van der Waals surface area contributed by atoms with Crippen molar-refractivity contribution in [3.63, 3.8) is 0 Å². The molecule has 5 rings (SSSR count). The van der Waals surface area contributed by atoms with Gasteiger partial charge in [-0.15, -0.1) is 0 Å². The van der Waals surface area contributed by atoms with Crippen LogP contribution in [0.15, 0.2) is 107 Å². The third-order valence-electron chi connectivity index (χ3n) is 6.63. The van der Waals surface area contributed by atoms with Gasteiger partial charge in [-0.2, -0.15) is 0 Å². The molecule has 4 aromatic rings. The maximum absolute atomic E-state index is 13.7. The van der Waals surface area contributed by atoms with Crippen LogP contribution in [0.3, 0.4) is 0 Å². The molecule has 0 bridgehead atoms. The molecule has 1 saturated heterocycles. The molecule has 0 unspecified atom stereocenters. The number of carbonyl (C=O) groups is 3. The highest BCUT2D eigenvalue weighted by atomic mass is 32.2. The van der Waals surface area contributed by atoms with Crippen molar-refractivity contribution in [3.8, 4) is 11.5 Å². The predicted octanol–water partition coefficient (Wildman–Crippen LogP) is 6.52. The molecule has 1 heterocycles. The van der Waals surface area contributed by atoms with E-state index in [0.717, 1.165) is 11.1 Å². The first kappa shape index (κ1) is 30.1. The summed E-state index contributed by atoms with van der Waals surface area (Å²) < 4.78 is 11.1. The van der Waals surface area contributed by atoms with Crippen LogP contribution in [0, 0.1) is 6.92 Å². The number of hydrogen-bond acceptors (Lipinski definition) is 7. The number of ether oxygens (including phenoxy) is 2. The molecule has 2 N–H and O–H groups in total. The second-order valence-electron chi connectivity index (χ2n) is 9.84. The van der Waals surface area contributed by atoms with Crippen LogP contribution in [0.4, 0.5) is 11.4 Å². The summed E-state index contributed by atoms with van der Waals surface area (Å²) in [6, 6.07) is 28.2. The van der Waals surface area contributed by atoms with Gasteiger partial charge in [-0.05, 0) is 84.9 Å². The van der Waals surface area contributed by atoms with E-state index in [9.17, 15) is 19.5 Å². The Morgan fingerprint density at radius 3 is 2.34 bits per heavy atom. The van der Waals surface area contributed by atoms with Gasteiger partial charge in [0.15, 0.2) is 11.8 Å². The van der Waals surface area contributed by atoms with Crippen LogP contribution in [0.2, 0.25) is 0 Å². The summed E-state index contributed by atoms with van der Waals surface area (Å²) in [5.74, 6) is -0.467. The summed E-state index contributed by atoms with van der Waals surface area (Å²) in [5.41, 5.74) is 3.94. The van der Waals surface area contributed by atoms with E-state index >= 15 is 0 Å². The molecule has 44 heavy (non-hydrogen) atoms. The van der Waals surface area contributed by atoms with E-state index in [1.54, 1.807) is 66.6 Å². The monoisotopic (exact) mass is 607 g/mol. The third kappa shape index (κ3) is 7.53. The Morgan fingerprint density at radius 2 is 1.66 bits per heavy atom. The van der Waals surface area contributed by atoms with Crippen LogP contribution in [0.1, 0.15) is 27.0 Å². The molecule has 0 atom stereocenters. The van der Waals surface area contributed by atoms with Crippen LogP contribution >= 0.6 is 11.8 Å². The molecule has 10 heteroatoms. The van der Waals surface area contributed by atoms with Gasteiger partial charge in [-0.3, -0.25) is 14.5 Å². The minimum Gasteiger partial charge on any atom is -0.497 e. The smallest absolute Gasteiger partial charge is 0.335 e. The first-order chi connectivity index (χ1) is 21.3. The van der Waals surface area contributed by atoms with Crippen LogP contribution in [-0.4, -0.2) is 46.7 Å². The number of methoxy groups -OCH3 is 1. The van der Waals surface area contributed by atoms with Crippen molar-refractivity contribution in [1.82, 2.24) is 4.90 Å². The Bertz CT molecular complexity index is 1730. The second kappa shape index (κ2) is 13.7. The zero-order chi connectivity index (χ0) is 31.1. The fraction of sp³-hybridized carbons (Fsp3) is 0.118. The number of anilines is 1. The third-order valence-corrected chi connectivity index (χ3v) is 7.63. The number of carbonyl (C=O) groups excluding carboxylic acids is 2. The topological polar surface area (TPSA) is 118 Å². The van der Waals surface area contributed by atoms with E-state index in [1.165, 1.54) is 23.9 Å². The normalized spacial score (nSPS) is 14.6. The summed E-state index contributed by atoms with van der Waals surface area (Å²) in [5, 5.41) is 12.5. The molecule has 4 aromatic carbocycles. The van der Waals surface area contributed by atoms with Gasteiger partial charge in [0.05, 0.1) is 29.8 Å². The van der Waals surface area contributed by atoms with Gasteiger partial charge in [0.2, 0.25) is 0 Å². The lowest BCUT2D eigenvalue weighted by molar-refractivity contribution is -0.122. The second-order valence-corrected chi connectivity index (χ2v) is 10.8. The van der Waals surface area contributed by atoms with Crippen molar-refractivity contribution in [2.75, 3.05) is 19.0 Å². The van der Waals surface area contributed by atoms with Crippen LogP contribution in [0.5, 0.6) is 11.5 Å². The number of hydrogen-bond donors (Lipinski definition) is 2. The summed E-state index contributed by atoms with van der Waals surface area (Å²) >= 11 is 1.22. The number of amides is 2. The number of carboxylic acids is 1. The number of benzene rings is 4. The average molecular weight is 608 g/mol. The van der Waals surface area contributed by atoms with E-state index < -0.39 is 5.97 Å². The van der Waals surface area contributed by atoms with E-state index in [-0.39, 0.29) is 30.5 Å². The van der Waals surface area contributed by atoms with E-state index in [1.807, 2.05) is 43.3 Å². The largest absolute Gasteiger partial charge is 0.497 e. The first-order valence-electron chi connectivity index (χ1n) is 13.6. The van der Waals surface area contributed by atoms with Gasteiger partial charge in [0.1, 0.15) is 11.5 Å². The lowest BCUT2D eigenvalue weighted by Crippen LogP contribution is -2.28. The number of nitrogens with one attached hydrogen (secondary N) is 1. The summed E-state index contributed by atoms with van der Waals surface area (Å²) in [7, 11) is 1.58. The molecular formula is C34H29N3O6S. The lowest BCUT2D eigenvalue weighted by atomic mass is 10.1. The molecule has 0 aliphatic carbocycles. The minimum atomic E-state index is -1.02. The Kier molecular flexibility index (Phi) is 9.41. The summed E-state index contributed by atoms with van der Waals surface area (Å²) in [6.45, 7) is 1.95. The van der Waals surface area contributed by atoms with Crippen LogP contribution in [-0.2, 0) is 16.1 Å². The molecule has 0 spiro atoms.